The number of nitrogens with one attached hydrogen (secondary N) is 2. The van der Waals surface area contributed by atoms with Gasteiger partial charge in [-0.25, -0.2) is 0 Å². The number of Topliss-reactive ketones (excluding diaryl/α,β-unsaturated/α-hetero) is 2. The molecule has 0 rings (SSSR count). The van der Waals surface area contributed by atoms with Gasteiger partial charge in [-0.15, -0.1) is 0 Å². The van der Waals surface area contributed by atoms with Crippen molar-refractivity contribution in [1.82, 2.24) is 10.6 Å². The van der Waals surface area contributed by atoms with Crippen molar-refractivity contribution in [2.45, 2.75) is 126 Å². The third kappa shape index (κ3) is 23.9. The molecule has 36 heavy (non-hydrogen) atoms. The number of primary amides is 1. The predicted octanol–water partition coefficient (Wildman–Crippen LogP) is 4.41. The third-order valence-corrected chi connectivity index (χ3v) is 5.89. The second-order valence-electron chi connectivity index (χ2n) is 10.2. The summed E-state index contributed by atoms with van der Waals surface area (Å²) in [6, 6.07) is -0.328. The number of hydrogen-bond donors (Lipinski definition) is 4. The molecular weight excluding hydrogens is 458 g/mol. The van der Waals surface area contributed by atoms with Gasteiger partial charge in [0.15, 0.2) is 5.78 Å². The van der Waals surface area contributed by atoms with E-state index in [0.29, 0.717) is 5.92 Å². The van der Waals surface area contributed by atoms with Crippen LogP contribution in [0.3, 0.4) is 0 Å². The fourth-order valence-corrected chi connectivity index (χ4v) is 3.74. The van der Waals surface area contributed by atoms with Gasteiger partial charge in [0.1, 0.15) is 5.78 Å². The number of unbranched alkanes of at least 4 members (excludes halogenated alkanes) is 2. The Balaban J connectivity index is -0.000000283. The van der Waals surface area contributed by atoms with E-state index in [4.69, 9.17) is 9.90 Å². The fraction of sp³-hybridized carbons (Fsp3) is 0.857. The van der Waals surface area contributed by atoms with Crippen LogP contribution >= 0.6 is 0 Å². The van der Waals surface area contributed by atoms with Crippen LogP contribution in [0.2, 0.25) is 0 Å². The number of carbonyl (C=O) groups excluding carboxylic acids is 4. The Morgan fingerprint density at radius 2 is 1.36 bits per heavy atom. The third-order valence-electron chi connectivity index (χ3n) is 5.89. The van der Waals surface area contributed by atoms with Gasteiger partial charge >= 0.3 is 0 Å². The molecule has 3 unspecified atom stereocenters. The summed E-state index contributed by atoms with van der Waals surface area (Å²) in [7, 11) is 2.82. The molecule has 0 aromatic carbocycles. The van der Waals surface area contributed by atoms with Gasteiger partial charge in [-0.1, -0.05) is 80.6 Å². The minimum atomic E-state index is -0.307. The first kappa shape index (κ1) is 41.3. The van der Waals surface area contributed by atoms with Crippen LogP contribution in [0.5, 0.6) is 0 Å². The molecule has 2 amide bonds. The van der Waals surface area contributed by atoms with E-state index in [1.807, 2.05) is 7.05 Å². The fourth-order valence-electron chi connectivity index (χ4n) is 3.74. The average molecular weight is 518 g/mol. The minimum absolute atomic E-state index is 0.0208. The summed E-state index contributed by atoms with van der Waals surface area (Å²) >= 11 is 0. The van der Waals surface area contributed by atoms with Crippen LogP contribution in [0.4, 0.5) is 0 Å². The number of rotatable bonds is 14. The van der Waals surface area contributed by atoms with Crippen molar-refractivity contribution in [3.63, 3.8) is 0 Å². The van der Waals surface area contributed by atoms with Crippen LogP contribution < -0.4 is 16.4 Å². The molecule has 0 heterocycles. The quantitative estimate of drug-likeness (QED) is 0.252. The van der Waals surface area contributed by atoms with Gasteiger partial charge in [0.05, 0.1) is 12.1 Å². The summed E-state index contributed by atoms with van der Waals surface area (Å²) in [5.41, 5.74) is 4.20. The first-order chi connectivity index (χ1) is 16.8. The van der Waals surface area contributed by atoms with E-state index in [1.54, 1.807) is 13.8 Å². The zero-order valence-corrected chi connectivity index (χ0v) is 25.2. The maximum atomic E-state index is 12.5. The van der Waals surface area contributed by atoms with E-state index < -0.39 is 0 Å². The number of carbonyl (C=O) groups is 4. The molecule has 0 fully saturated rings. The topological polar surface area (TPSA) is 139 Å². The molecular formula is C28H59N3O5. The van der Waals surface area contributed by atoms with E-state index in [2.05, 4.69) is 64.8 Å². The maximum Gasteiger partial charge on any atom is 0.223 e. The Labute approximate surface area is 221 Å². The van der Waals surface area contributed by atoms with Crippen molar-refractivity contribution < 1.29 is 24.3 Å². The molecule has 0 bridgehead atoms. The number of nitrogens with two attached hydrogens (primary N) is 1. The van der Waals surface area contributed by atoms with Gasteiger partial charge in [-0.3, -0.25) is 19.2 Å². The van der Waals surface area contributed by atoms with Crippen molar-refractivity contribution in [2.75, 3.05) is 14.2 Å². The van der Waals surface area contributed by atoms with Gasteiger partial charge in [0.25, 0.3) is 0 Å². The Morgan fingerprint density at radius 3 is 1.58 bits per heavy atom. The lowest BCUT2D eigenvalue weighted by Gasteiger charge is -2.27. The molecule has 0 aromatic rings. The summed E-state index contributed by atoms with van der Waals surface area (Å²) < 4.78 is 0. The van der Waals surface area contributed by atoms with Crippen LogP contribution in [0.1, 0.15) is 114 Å². The lowest BCUT2D eigenvalue weighted by atomic mass is 9.85. The number of aliphatic hydroxyl groups excluding tert-OH is 1. The molecule has 216 valence electrons. The first-order valence-corrected chi connectivity index (χ1v) is 13.4. The lowest BCUT2D eigenvalue weighted by molar-refractivity contribution is -0.130. The van der Waals surface area contributed by atoms with Crippen LogP contribution in [-0.4, -0.2) is 55.2 Å². The van der Waals surface area contributed by atoms with E-state index in [0.717, 1.165) is 58.5 Å². The number of likely N-dealkylation sites (N-methyl/N-ethyl adjacent to an activating group) is 1. The summed E-state index contributed by atoms with van der Waals surface area (Å²) in [4.78, 5) is 43.8. The Morgan fingerprint density at radius 1 is 0.944 bits per heavy atom. The van der Waals surface area contributed by atoms with Crippen LogP contribution in [0.15, 0.2) is 0 Å². The summed E-state index contributed by atoms with van der Waals surface area (Å²) in [6.45, 7) is 17.9. The first-order valence-electron chi connectivity index (χ1n) is 13.4. The number of hydrogen-bond acceptors (Lipinski definition) is 6. The van der Waals surface area contributed by atoms with Crippen LogP contribution in [-0.2, 0) is 19.2 Å². The molecule has 0 aliphatic heterocycles. The SMILES string of the molecule is CCCCC(CCCC)C(=O)NC(CC(C)CC)C(C)=O.CNC(C(C)=O)C(C)(C)C.CO.NC=O. The molecule has 0 aromatic heterocycles. The zero-order valence-electron chi connectivity index (χ0n) is 25.2. The standard InChI is InChI=1S/C18H35NO2.C8H17NO.CH3NO.CH4O/c1-6-9-11-16(12-10-7-2)18(21)19-17(15(5)20)13-14(4)8-3;1-6(10)7(9-5)8(2,3)4;2-1-3;1-2/h14,16-17H,6-13H2,1-5H3,(H,19,21);7,9H,1-5H3;1H,(H2,2,3);2H,1H3. The highest BCUT2D eigenvalue weighted by Gasteiger charge is 2.26. The van der Waals surface area contributed by atoms with Crippen molar-refractivity contribution in [2.24, 2.45) is 23.0 Å². The lowest BCUT2D eigenvalue weighted by Crippen LogP contribution is -2.43. The molecule has 0 aliphatic rings. The van der Waals surface area contributed by atoms with Crippen LogP contribution in [0, 0.1) is 17.3 Å². The molecule has 5 N–H and O–H groups in total. The number of amides is 2. The Kier molecular flexibility index (Phi) is 30.2. The second kappa shape index (κ2) is 26.3. The van der Waals surface area contributed by atoms with Gasteiger partial charge < -0.3 is 21.5 Å². The molecule has 0 saturated heterocycles. The largest absolute Gasteiger partial charge is 0.400 e. The van der Waals surface area contributed by atoms with Gasteiger partial charge in [-0.05, 0) is 51.5 Å². The zero-order chi connectivity index (χ0) is 29.3. The minimum Gasteiger partial charge on any atom is -0.400 e. The highest BCUT2D eigenvalue weighted by molar-refractivity contribution is 5.88. The number of aliphatic hydroxyl groups is 1. The Bertz CT molecular complexity index is 554. The summed E-state index contributed by atoms with van der Waals surface area (Å²) in [6.07, 6.45) is 8.31. The van der Waals surface area contributed by atoms with Crippen molar-refractivity contribution in [3.05, 3.63) is 0 Å². The van der Waals surface area contributed by atoms with Crippen LogP contribution in [0.25, 0.3) is 0 Å². The summed E-state index contributed by atoms with van der Waals surface area (Å²) in [5, 5.41) is 13.0. The van der Waals surface area contributed by atoms with E-state index in [1.165, 1.54) is 0 Å². The highest BCUT2D eigenvalue weighted by atomic mass is 16.2. The highest BCUT2D eigenvalue weighted by Crippen LogP contribution is 2.19. The monoisotopic (exact) mass is 517 g/mol. The molecule has 8 heteroatoms. The molecule has 8 nitrogen and oxygen atoms in total. The average Bonchev–Trinajstić information content (AvgIpc) is 2.79. The van der Waals surface area contributed by atoms with Gasteiger partial charge in [-0.2, -0.15) is 0 Å². The molecule has 0 spiro atoms. The van der Waals surface area contributed by atoms with Crippen molar-refractivity contribution in [3.8, 4) is 0 Å². The van der Waals surface area contributed by atoms with Gasteiger partial charge in [0, 0.05) is 13.0 Å². The normalized spacial score (nSPS) is 12.8. The molecule has 0 aliphatic carbocycles. The Hall–Kier alpha value is -1.80. The van der Waals surface area contributed by atoms with Gasteiger partial charge in [0.2, 0.25) is 12.3 Å². The molecule has 0 saturated carbocycles. The van der Waals surface area contributed by atoms with E-state index >= 15 is 0 Å². The smallest absolute Gasteiger partial charge is 0.223 e. The van der Waals surface area contributed by atoms with Crippen molar-refractivity contribution >= 4 is 23.9 Å². The van der Waals surface area contributed by atoms with E-state index in [-0.39, 0.29) is 47.3 Å². The molecule has 3 atom stereocenters. The second-order valence-corrected chi connectivity index (χ2v) is 10.2. The van der Waals surface area contributed by atoms with Crippen molar-refractivity contribution in [1.29, 1.82) is 0 Å². The number of ketones is 2. The summed E-state index contributed by atoms with van der Waals surface area (Å²) in [5.74, 6) is 0.899. The predicted molar refractivity (Wildman–Crippen MR) is 151 cm³/mol. The maximum absolute atomic E-state index is 12.5. The molecule has 0 radical (unpaired) electrons. The van der Waals surface area contributed by atoms with E-state index in [9.17, 15) is 14.4 Å².